The third-order valence-corrected chi connectivity index (χ3v) is 0.576. The molecule has 0 fully saturated rings. The van der Waals surface area contributed by atoms with Crippen LogP contribution in [0.15, 0.2) is 0 Å². The molecule has 1 N–H and O–H groups in total. The minimum absolute atomic E-state index is 0. The van der Waals surface area contributed by atoms with Crippen LogP contribution in [0.3, 0.4) is 0 Å². The number of hydrogen-bond acceptors (Lipinski definition) is 2. The van der Waals surface area contributed by atoms with E-state index in [-0.39, 0.29) is 21.7 Å². The van der Waals surface area contributed by atoms with Crippen molar-refractivity contribution in [3.8, 4) is 0 Å². The normalized spacial score (nSPS) is 9.35. The largest absolute Gasteiger partial charge is 4.00 e. The van der Waals surface area contributed by atoms with Gasteiger partial charge in [-0.15, -0.1) is 0 Å². The number of aliphatic hydroxyl groups is 1. The fraction of sp³-hybridized carbons (Fsp3) is 0.909. The van der Waals surface area contributed by atoms with Gasteiger partial charge in [0.25, 0.3) is 0 Å². The molecule has 0 aromatic rings. The molecule has 104 valence electrons. The topological polar surface area (TPSA) is 65.8 Å². The Labute approximate surface area is 124 Å². The molecule has 0 amide bonds. The van der Waals surface area contributed by atoms with Crippen LogP contribution in [-0.2, 0) is 21.7 Å². The molecule has 0 saturated carbocycles. The summed E-state index contributed by atoms with van der Waals surface area (Å²) >= 11 is 0. The predicted octanol–water partition coefficient (Wildman–Crippen LogP) is 1.60. The molecule has 6 heteroatoms. The molecule has 5 nitrogen and oxygen atoms in total. The fourth-order valence-electron chi connectivity index (χ4n) is 0.421. The molecule has 1 atom stereocenters. The zero-order valence-electron chi connectivity index (χ0n) is 12.7. The van der Waals surface area contributed by atoms with Crippen molar-refractivity contribution in [1.82, 2.24) is 4.90 Å². The average molecular weight is 282 g/mol. The van der Waals surface area contributed by atoms with Crippen LogP contribution >= 0.6 is 0 Å². The fourth-order valence-corrected chi connectivity index (χ4v) is 0.421. The van der Waals surface area contributed by atoms with Gasteiger partial charge in [-0.2, -0.15) is 42.3 Å². The van der Waals surface area contributed by atoms with Crippen molar-refractivity contribution < 1.29 is 26.8 Å². The smallest absolute Gasteiger partial charge is 0.668 e. The number of rotatable bonds is 2. The molecule has 0 aliphatic rings. The number of nitrogens with zero attached hydrogens (tertiary/aromatic N) is 4. The second-order valence-electron chi connectivity index (χ2n) is 3.26. The quantitative estimate of drug-likeness (QED) is 0.617. The Morgan fingerprint density at radius 3 is 1.12 bits per heavy atom. The van der Waals surface area contributed by atoms with Gasteiger partial charge in [0.05, 0.1) is 0 Å². The minimum atomic E-state index is -0.449. The van der Waals surface area contributed by atoms with E-state index in [1.54, 1.807) is 42.3 Å². The Morgan fingerprint density at radius 1 is 0.941 bits per heavy atom. The van der Waals surface area contributed by atoms with Crippen molar-refractivity contribution in [2.45, 2.75) is 6.10 Å². The first-order valence-electron chi connectivity index (χ1n) is 4.97. The van der Waals surface area contributed by atoms with E-state index in [9.17, 15) is 0 Å². The Bertz CT molecular complexity index is 75.1. The molecule has 0 aliphatic carbocycles. The summed E-state index contributed by atoms with van der Waals surface area (Å²) in [6.07, 6.45) is -0.449. The molecule has 0 aliphatic heterocycles. The standard InChI is InChI=1S/C5H12NO.3C2H6N.Ti/c1-5(7)4-6(2)3;3*1-3-2;/h5,7H,1,4H2,2-3H3;3*1-2H3;/q4*-1;+4. The molecule has 0 heterocycles. The Morgan fingerprint density at radius 2 is 1.12 bits per heavy atom. The van der Waals surface area contributed by atoms with Crippen molar-refractivity contribution in [2.75, 3.05) is 62.9 Å². The molecule has 0 saturated heterocycles. The van der Waals surface area contributed by atoms with E-state index in [1.807, 2.05) is 19.0 Å². The summed E-state index contributed by atoms with van der Waals surface area (Å²) in [5.41, 5.74) is 0. The maximum atomic E-state index is 8.57. The summed E-state index contributed by atoms with van der Waals surface area (Å²) in [5.74, 6) is 0. The second kappa shape index (κ2) is 36.0. The second-order valence-corrected chi connectivity index (χ2v) is 3.26. The average Bonchev–Trinajstić information content (AvgIpc) is 2.04. The first-order valence-corrected chi connectivity index (χ1v) is 4.97. The van der Waals surface area contributed by atoms with Crippen LogP contribution in [-0.4, -0.2) is 79.0 Å². The van der Waals surface area contributed by atoms with Gasteiger partial charge in [0.2, 0.25) is 0 Å². The van der Waals surface area contributed by atoms with Crippen molar-refractivity contribution in [3.63, 3.8) is 0 Å². The molecule has 0 aromatic carbocycles. The van der Waals surface area contributed by atoms with Gasteiger partial charge in [0, 0.05) is 0 Å². The monoisotopic (exact) mass is 282 g/mol. The predicted molar refractivity (Wildman–Crippen MR) is 75.5 cm³/mol. The molecule has 0 radical (unpaired) electrons. The first-order chi connectivity index (χ1) is 7.37. The van der Waals surface area contributed by atoms with Crippen molar-refractivity contribution in [3.05, 3.63) is 22.9 Å². The van der Waals surface area contributed by atoms with Gasteiger partial charge in [-0.1, -0.05) is 6.10 Å². The van der Waals surface area contributed by atoms with E-state index in [0.29, 0.717) is 6.54 Å². The summed E-state index contributed by atoms with van der Waals surface area (Å²) in [4.78, 5) is 1.89. The molecular weight excluding hydrogens is 252 g/mol. The van der Waals surface area contributed by atoms with E-state index in [0.717, 1.165) is 0 Å². The molecule has 0 aromatic heterocycles. The van der Waals surface area contributed by atoms with Gasteiger partial charge < -0.3 is 32.9 Å². The van der Waals surface area contributed by atoms with Crippen molar-refractivity contribution in [1.29, 1.82) is 0 Å². The van der Waals surface area contributed by atoms with E-state index in [2.05, 4.69) is 22.9 Å². The minimum Gasteiger partial charge on any atom is -0.668 e. The number of likely N-dealkylation sites (N-methyl/N-ethyl adjacent to an activating group) is 1. The van der Waals surface area contributed by atoms with Crippen LogP contribution in [0.1, 0.15) is 0 Å². The van der Waals surface area contributed by atoms with Crippen molar-refractivity contribution in [2.24, 2.45) is 0 Å². The van der Waals surface area contributed by atoms with Crippen LogP contribution in [0, 0.1) is 6.92 Å². The molecular formula is C11H30N4OTi. The van der Waals surface area contributed by atoms with Crippen molar-refractivity contribution >= 4 is 0 Å². The third kappa shape index (κ3) is 171. The Hall–Kier alpha value is 0.514. The SMILES string of the molecule is C[N-]C.C[N-]C.C[N-]C.[CH2-]C(O)CN(C)C.[Ti+4]. The van der Waals surface area contributed by atoms with E-state index >= 15 is 0 Å². The Balaban J connectivity index is -0.0000000411. The van der Waals surface area contributed by atoms with Gasteiger partial charge in [-0.25, -0.2) is 0 Å². The molecule has 0 rings (SSSR count). The molecule has 1 unspecified atom stereocenters. The van der Waals surface area contributed by atoms with Gasteiger partial charge in [-0.05, 0) is 20.6 Å². The zero-order valence-corrected chi connectivity index (χ0v) is 14.3. The van der Waals surface area contributed by atoms with Crippen LogP contribution < -0.4 is 0 Å². The summed E-state index contributed by atoms with van der Waals surface area (Å²) in [7, 11) is 14.3. The zero-order chi connectivity index (χ0) is 14.0. The molecule has 17 heavy (non-hydrogen) atoms. The van der Waals surface area contributed by atoms with Gasteiger partial charge in [0.1, 0.15) is 0 Å². The van der Waals surface area contributed by atoms with Gasteiger partial charge in [-0.3, -0.25) is 0 Å². The van der Waals surface area contributed by atoms with E-state index < -0.39 is 6.10 Å². The summed E-state index contributed by atoms with van der Waals surface area (Å²) in [5, 5.41) is 19.1. The third-order valence-electron chi connectivity index (χ3n) is 0.576. The maximum absolute atomic E-state index is 8.57. The first kappa shape index (κ1) is 30.5. The van der Waals surface area contributed by atoms with Crippen LogP contribution in [0.25, 0.3) is 16.0 Å². The van der Waals surface area contributed by atoms with Gasteiger partial charge >= 0.3 is 21.7 Å². The number of aliphatic hydroxyl groups excluding tert-OH is 1. The molecule has 0 spiro atoms. The van der Waals surface area contributed by atoms with E-state index in [1.165, 1.54) is 0 Å². The maximum Gasteiger partial charge on any atom is 4.00 e. The van der Waals surface area contributed by atoms with Crippen LogP contribution in [0.2, 0.25) is 0 Å². The van der Waals surface area contributed by atoms with E-state index in [4.69, 9.17) is 5.11 Å². The number of hydrogen-bond donors (Lipinski definition) is 1. The van der Waals surface area contributed by atoms with Crippen LogP contribution in [0.4, 0.5) is 0 Å². The summed E-state index contributed by atoms with van der Waals surface area (Å²) < 4.78 is 0. The summed E-state index contributed by atoms with van der Waals surface area (Å²) in [6.45, 7) is 4.03. The Kier molecular flexibility index (Phi) is 64.5. The van der Waals surface area contributed by atoms with Crippen LogP contribution in [0.5, 0.6) is 0 Å². The molecule has 0 bridgehead atoms. The van der Waals surface area contributed by atoms with Gasteiger partial charge in [0.15, 0.2) is 0 Å². The summed E-state index contributed by atoms with van der Waals surface area (Å²) in [6, 6.07) is 0.